The minimum Gasteiger partial charge on any atom is -0.338 e. The Labute approximate surface area is 116 Å². The van der Waals surface area contributed by atoms with E-state index in [4.69, 9.17) is 0 Å². The number of aromatic nitrogens is 2. The first-order valence-corrected chi connectivity index (χ1v) is 7.31. The molecule has 2 rings (SSSR count). The van der Waals surface area contributed by atoms with E-state index in [-0.39, 0.29) is 6.03 Å². The Bertz CT molecular complexity index is 506. The van der Waals surface area contributed by atoms with Gasteiger partial charge in [0, 0.05) is 30.2 Å². The van der Waals surface area contributed by atoms with Crippen LogP contribution >= 0.6 is 11.3 Å². The zero-order valence-electron chi connectivity index (χ0n) is 10.9. The predicted molar refractivity (Wildman–Crippen MR) is 77.2 cm³/mol. The lowest BCUT2D eigenvalue weighted by Crippen LogP contribution is -2.37. The zero-order chi connectivity index (χ0) is 13.5. The predicted octanol–water partition coefficient (Wildman–Crippen LogP) is 2.32. The lowest BCUT2D eigenvalue weighted by molar-refractivity contribution is 0.240. The quantitative estimate of drug-likeness (QED) is 0.852. The van der Waals surface area contributed by atoms with Gasteiger partial charge in [-0.15, -0.1) is 0 Å². The van der Waals surface area contributed by atoms with Crippen LogP contribution in [0.2, 0.25) is 0 Å². The highest BCUT2D eigenvalue weighted by molar-refractivity contribution is 7.08. The van der Waals surface area contributed by atoms with Gasteiger partial charge in [0.25, 0.3) is 0 Å². The number of nitrogens with one attached hydrogen (secondary N) is 2. The van der Waals surface area contributed by atoms with Crippen molar-refractivity contribution in [1.82, 2.24) is 20.4 Å². The molecule has 0 bridgehead atoms. The molecule has 5 nitrogen and oxygen atoms in total. The van der Waals surface area contributed by atoms with Crippen LogP contribution in [0.15, 0.2) is 29.1 Å². The molecular formula is C13H18N4OS. The molecule has 0 unspecified atom stereocenters. The first kappa shape index (κ1) is 13.6. The van der Waals surface area contributed by atoms with Crippen LogP contribution in [0.3, 0.4) is 0 Å². The van der Waals surface area contributed by atoms with Crippen LogP contribution in [0.25, 0.3) is 11.3 Å². The molecular weight excluding hydrogens is 260 g/mol. The minimum absolute atomic E-state index is 0.118. The molecule has 0 aromatic carbocycles. The molecule has 2 heterocycles. The third-order valence-corrected chi connectivity index (χ3v) is 3.30. The maximum atomic E-state index is 11.3. The SMILES string of the molecule is CCCNC(=O)NCCn1ccc(-c2ccsc2)n1. The van der Waals surface area contributed by atoms with Crippen molar-refractivity contribution >= 4 is 17.4 Å². The molecule has 0 spiro atoms. The van der Waals surface area contributed by atoms with Gasteiger partial charge in [0.05, 0.1) is 12.2 Å². The molecule has 2 amide bonds. The van der Waals surface area contributed by atoms with Gasteiger partial charge in [-0.2, -0.15) is 16.4 Å². The van der Waals surface area contributed by atoms with Crippen molar-refractivity contribution < 1.29 is 4.79 Å². The lowest BCUT2D eigenvalue weighted by Gasteiger charge is -2.06. The van der Waals surface area contributed by atoms with Crippen molar-refractivity contribution in [3.8, 4) is 11.3 Å². The number of thiophene rings is 1. The van der Waals surface area contributed by atoms with Gasteiger partial charge in [0.2, 0.25) is 0 Å². The second-order valence-electron chi connectivity index (χ2n) is 4.16. The fraction of sp³-hybridized carbons (Fsp3) is 0.385. The number of hydrogen-bond acceptors (Lipinski definition) is 3. The average molecular weight is 278 g/mol. The smallest absolute Gasteiger partial charge is 0.314 e. The van der Waals surface area contributed by atoms with Gasteiger partial charge in [-0.3, -0.25) is 4.68 Å². The van der Waals surface area contributed by atoms with Gasteiger partial charge < -0.3 is 10.6 Å². The van der Waals surface area contributed by atoms with Gasteiger partial charge in [0.15, 0.2) is 0 Å². The number of carbonyl (C=O) groups is 1. The molecule has 2 N–H and O–H groups in total. The lowest BCUT2D eigenvalue weighted by atomic mass is 10.2. The van der Waals surface area contributed by atoms with Crippen molar-refractivity contribution in [3.05, 3.63) is 29.1 Å². The Balaban J connectivity index is 1.76. The van der Waals surface area contributed by atoms with Crippen LogP contribution in [0.4, 0.5) is 4.79 Å². The Morgan fingerprint density at radius 3 is 2.95 bits per heavy atom. The maximum Gasteiger partial charge on any atom is 0.314 e. The van der Waals surface area contributed by atoms with Crippen molar-refractivity contribution in [2.75, 3.05) is 13.1 Å². The largest absolute Gasteiger partial charge is 0.338 e. The van der Waals surface area contributed by atoms with Crippen molar-refractivity contribution in [2.24, 2.45) is 0 Å². The molecule has 102 valence electrons. The number of rotatable bonds is 6. The van der Waals surface area contributed by atoms with E-state index in [9.17, 15) is 4.79 Å². The molecule has 0 aliphatic heterocycles. The summed E-state index contributed by atoms with van der Waals surface area (Å²) in [5, 5.41) is 14.1. The second-order valence-corrected chi connectivity index (χ2v) is 4.94. The summed E-state index contributed by atoms with van der Waals surface area (Å²) in [7, 11) is 0. The summed E-state index contributed by atoms with van der Waals surface area (Å²) in [4.78, 5) is 11.3. The number of hydrogen-bond donors (Lipinski definition) is 2. The highest BCUT2D eigenvalue weighted by atomic mass is 32.1. The van der Waals surface area contributed by atoms with E-state index in [0.29, 0.717) is 19.6 Å². The molecule has 0 atom stereocenters. The van der Waals surface area contributed by atoms with Gasteiger partial charge in [-0.05, 0) is 23.9 Å². The minimum atomic E-state index is -0.118. The highest BCUT2D eigenvalue weighted by Gasteiger charge is 2.03. The Hall–Kier alpha value is -1.82. The number of carbonyl (C=O) groups excluding carboxylic acids is 1. The molecule has 19 heavy (non-hydrogen) atoms. The molecule has 0 saturated heterocycles. The monoisotopic (exact) mass is 278 g/mol. The average Bonchev–Trinajstić information content (AvgIpc) is 3.06. The van der Waals surface area contributed by atoms with Crippen molar-refractivity contribution in [3.63, 3.8) is 0 Å². The first-order chi connectivity index (χ1) is 9.29. The second kappa shape index (κ2) is 6.94. The van der Waals surface area contributed by atoms with Crippen LogP contribution in [0, 0.1) is 0 Å². The Morgan fingerprint density at radius 1 is 1.37 bits per heavy atom. The summed E-state index contributed by atoms with van der Waals surface area (Å²) in [6, 6.07) is 3.92. The van der Waals surface area contributed by atoms with Gasteiger partial charge in [-0.1, -0.05) is 6.92 Å². The first-order valence-electron chi connectivity index (χ1n) is 6.37. The van der Waals surface area contributed by atoms with Crippen LogP contribution in [-0.2, 0) is 6.54 Å². The molecule has 2 aromatic rings. The van der Waals surface area contributed by atoms with E-state index in [2.05, 4.69) is 21.1 Å². The molecule has 0 aliphatic carbocycles. The maximum absolute atomic E-state index is 11.3. The normalized spacial score (nSPS) is 10.4. The molecule has 0 aliphatic rings. The Kier molecular flexibility index (Phi) is 4.97. The fourth-order valence-corrected chi connectivity index (χ4v) is 2.29. The van der Waals surface area contributed by atoms with Gasteiger partial charge in [-0.25, -0.2) is 4.79 Å². The summed E-state index contributed by atoms with van der Waals surface area (Å²) in [5.41, 5.74) is 2.11. The summed E-state index contributed by atoms with van der Waals surface area (Å²) in [6.07, 6.45) is 2.87. The van der Waals surface area contributed by atoms with Crippen LogP contribution in [0.1, 0.15) is 13.3 Å². The molecule has 6 heteroatoms. The van der Waals surface area contributed by atoms with Crippen LogP contribution in [0.5, 0.6) is 0 Å². The summed E-state index contributed by atoms with van der Waals surface area (Å²) < 4.78 is 1.84. The van der Waals surface area contributed by atoms with Crippen molar-refractivity contribution in [1.29, 1.82) is 0 Å². The summed E-state index contributed by atoms with van der Waals surface area (Å²) >= 11 is 1.66. The van der Waals surface area contributed by atoms with Gasteiger partial charge in [0.1, 0.15) is 0 Å². The fourth-order valence-electron chi connectivity index (χ4n) is 1.64. The van der Waals surface area contributed by atoms with E-state index < -0.39 is 0 Å². The number of nitrogens with zero attached hydrogens (tertiary/aromatic N) is 2. The van der Waals surface area contributed by atoms with E-state index in [1.165, 1.54) is 0 Å². The molecule has 0 fully saturated rings. The molecule has 0 radical (unpaired) electrons. The summed E-state index contributed by atoms with van der Waals surface area (Å²) in [6.45, 7) is 3.97. The third kappa shape index (κ3) is 4.10. The standard InChI is InChI=1S/C13H18N4OS/c1-2-5-14-13(18)15-6-8-17-7-3-12(16-17)11-4-9-19-10-11/h3-4,7,9-10H,2,5-6,8H2,1H3,(H2,14,15,18). The zero-order valence-corrected chi connectivity index (χ0v) is 11.7. The number of urea groups is 1. The van der Waals surface area contributed by atoms with E-state index >= 15 is 0 Å². The topological polar surface area (TPSA) is 59.0 Å². The van der Waals surface area contributed by atoms with Crippen LogP contribution < -0.4 is 10.6 Å². The Morgan fingerprint density at radius 2 is 2.21 bits per heavy atom. The molecule has 0 saturated carbocycles. The van der Waals surface area contributed by atoms with E-state index in [0.717, 1.165) is 17.7 Å². The van der Waals surface area contributed by atoms with Gasteiger partial charge >= 0.3 is 6.03 Å². The highest BCUT2D eigenvalue weighted by Crippen LogP contribution is 2.19. The van der Waals surface area contributed by atoms with E-state index in [1.54, 1.807) is 11.3 Å². The van der Waals surface area contributed by atoms with E-state index in [1.807, 2.05) is 35.3 Å². The van der Waals surface area contributed by atoms with Crippen LogP contribution in [-0.4, -0.2) is 28.9 Å². The summed E-state index contributed by atoms with van der Waals surface area (Å²) in [5.74, 6) is 0. The molecule has 2 aromatic heterocycles. The number of amides is 2. The van der Waals surface area contributed by atoms with Crippen molar-refractivity contribution in [2.45, 2.75) is 19.9 Å². The third-order valence-electron chi connectivity index (χ3n) is 2.62.